The molecule has 17 heavy (non-hydrogen) atoms. The average molecular weight is 243 g/mol. The molecule has 0 radical (unpaired) electrons. The van der Waals surface area contributed by atoms with E-state index in [1.54, 1.807) is 0 Å². The summed E-state index contributed by atoms with van der Waals surface area (Å²) in [7, 11) is 0. The van der Waals surface area contributed by atoms with Crippen molar-refractivity contribution >= 4 is 0 Å². The average Bonchev–Trinajstić information content (AvgIpc) is 2.25. The molecule has 0 aromatic heterocycles. The van der Waals surface area contributed by atoms with Gasteiger partial charge in [0.1, 0.15) is 0 Å². The van der Waals surface area contributed by atoms with Gasteiger partial charge in [0.05, 0.1) is 5.56 Å². The fourth-order valence-electron chi connectivity index (χ4n) is 1.43. The summed E-state index contributed by atoms with van der Waals surface area (Å²) in [4.78, 5) is 0. The Balaban J connectivity index is 2.81. The molecule has 0 fully saturated rings. The molecule has 94 valence electrons. The van der Waals surface area contributed by atoms with E-state index in [1.807, 2.05) is 26.0 Å². The highest BCUT2D eigenvalue weighted by Gasteiger charge is 2.29. The fraction of sp³-hybridized carbons (Fsp3) is 0.385. The van der Waals surface area contributed by atoms with Crippen LogP contribution in [-0.2, 0) is 6.18 Å². The maximum absolute atomic E-state index is 12.3. The smallest absolute Gasteiger partial charge is 0.325 e. The van der Waals surface area contributed by atoms with Crippen LogP contribution in [0.1, 0.15) is 30.9 Å². The minimum Gasteiger partial charge on any atom is -0.325 e. The molecule has 0 saturated heterocycles. The monoisotopic (exact) mass is 243 g/mol. The first-order valence-corrected chi connectivity index (χ1v) is 5.42. The minimum atomic E-state index is -4.27. The first-order valence-electron chi connectivity index (χ1n) is 5.42. The third kappa shape index (κ3) is 4.23. The van der Waals surface area contributed by atoms with E-state index in [1.165, 1.54) is 12.1 Å². The Morgan fingerprint density at radius 1 is 1.06 bits per heavy atom. The van der Waals surface area contributed by atoms with Crippen LogP contribution >= 0.6 is 0 Å². The highest BCUT2D eigenvalue weighted by molar-refractivity contribution is 5.29. The van der Waals surface area contributed by atoms with Gasteiger partial charge in [-0.3, -0.25) is 0 Å². The lowest BCUT2D eigenvalue weighted by atomic mass is 9.99. The lowest BCUT2D eigenvalue weighted by Gasteiger charge is -2.10. The van der Waals surface area contributed by atoms with Crippen LogP contribution in [0.5, 0.6) is 0 Å². The molecule has 0 saturated carbocycles. The van der Waals surface area contributed by atoms with Crippen molar-refractivity contribution in [2.24, 2.45) is 5.73 Å². The van der Waals surface area contributed by atoms with E-state index in [4.69, 9.17) is 5.73 Å². The van der Waals surface area contributed by atoms with Crippen LogP contribution in [0.15, 0.2) is 36.4 Å². The Bertz CT molecular complexity index is 377. The van der Waals surface area contributed by atoms with Crippen molar-refractivity contribution in [3.8, 4) is 0 Å². The van der Waals surface area contributed by atoms with E-state index in [9.17, 15) is 13.2 Å². The Kier molecular flexibility index (Phi) is 4.34. The lowest BCUT2D eigenvalue weighted by Crippen LogP contribution is -2.10. The zero-order valence-electron chi connectivity index (χ0n) is 9.83. The van der Waals surface area contributed by atoms with Crippen LogP contribution in [0.25, 0.3) is 0 Å². The van der Waals surface area contributed by atoms with Gasteiger partial charge in [0.15, 0.2) is 0 Å². The molecular weight excluding hydrogens is 227 g/mol. The van der Waals surface area contributed by atoms with Gasteiger partial charge in [-0.25, -0.2) is 0 Å². The third-order valence-electron chi connectivity index (χ3n) is 2.47. The molecule has 0 bridgehead atoms. The number of hydrogen-bond acceptors (Lipinski definition) is 1. The first kappa shape index (κ1) is 13.8. The van der Waals surface area contributed by atoms with Gasteiger partial charge >= 0.3 is 6.18 Å². The Hall–Kier alpha value is -1.29. The van der Waals surface area contributed by atoms with Crippen LogP contribution < -0.4 is 5.73 Å². The van der Waals surface area contributed by atoms with Crippen molar-refractivity contribution in [2.45, 2.75) is 32.0 Å². The molecule has 0 heterocycles. The van der Waals surface area contributed by atoms with Gasteiger partial charge in [-0.1, -0.05) is 31.2 Å². The molecule has 0 aliphatic heterocycles. The summed E-state index contributed by atoms with van der Waals surface area (Å²) < 4.78 is 37.0. The van der Waals surface area contributed by atoms with Gasteiger partial charge < -0.3 is 5.73 Å². The predicted octanol–water partition coefficient (Wildman–Crippen LogP) is 3.71. The second-order valence-electron chi connectivity index (χ2n) is 4.15. The molecule has 1 aromatic carbocycles. The summed E-state index contributed by atoms with van der Waals surface area (Å²) >= 11 is 0. The summed E-state index contributed by atoms with van der Waals surface area (Å²) in [6.07, 6.45) is -0.543. The van der Waals surface area contributed by atoms with E-state index in [0.29, 0.717) is 0 Å². The predicted molar refractivity (Wildman–Crippen MR) is 62.6 cm³/mol. The largest absolute Gasteiger partial charge is 0.416 e. The Morgan fingerprint density at radius 3 is 2.00 bits per heavy atom. The van der Waals surface area contributed by atoms with Gasteiger partial charge in [-0.05, 0) is 30.5 Å². The normalized spacial score (nSPS) is 16.1. The van der Waals surface area contributed by atoms with E-state index >= 15 is 0 Å². The number of nitrogens with two attached hydrogens (primary N) is 1. The number of rotatable bonds is 3. The van der Waals surface area contributed by atoms with Crippen LogP contribution in [0.4, 0.5) is 13.2 Å². The molecule has 1 rings (SSSR count). The molecule has 2 N–H and O–H groups in total. The molecule has 0 amide bonds. The highest BCUT2D eigenvalue weighted by atomic mass is 19.4. The zero-order valence-corrected chi connectivity index (χ0v) is 9.83. The summed E-state index contributed by atoms with van der Waals surface area (Å²) in [5.74, 6) is 0.0586. The van der Waals surface area contributed by atoms with E-state index < -0.39 is 11.7 Å². The molecule has 4 heteroatoms. The number of alkyl halides is 3. The van der Waals surface area contributed by atoms with Crippen molar-refractivity contribution < 1.29 is 13.2 Å². The van der Waals surface area contributed by atoms with Gasteiger partial charge in [-0.15, -0.1) is 0 Å². The maximum Gasteiger partial charge on any atom is 0.416 e. The second kappa shape index (κ2) is 5.36. The number of hydrogen-bond donors (Lipinski definition) is 1. The summed E-state index contributed by atoms with van der Waals surface area (Å²) in [6, 6.07) is 5.15. The van der Waals surface area contributed by atoms with Gasteiger partial charge in [-0.2, -0.15) is 13.2 Å². The molecule has 2 unspecified atom stereocenters. The number of allylic oxidation sites excluding steroid dienone is 1. The van der Waals surface area contributed by atoms with Crippen molar-refractivity contribution in [1.82, 2.24) is 0 Å². The standard InChI is InChI=1S/C13H16F3N/c1-9(3-4-10(2)17)11-5-7-12(8-6-11)13(14,15)16/h3-10H,17H2,1-2H3/b4-3+. The fourth-order valence-corrected chi connectivity index (χ4v) is 1.43. The molecule has 0 spiro atoms. The SMILES string of the molecule is CC(N)/C=C/C(C)c1ccc(C(F)(F)F)cc1. The molecule has 1 aromatic rings. The van der Waals surface area contributed by atoms with Gasteiger partial charge in [0.25, 0.3) is 0 Å². The van der Waals surface area contributed by atoms with Crippen molar-refractivity contribution in [3.05, 3.63) is 47.5 Å². The Morgan fingerprint density at radius 2 is 1.59 bits per heavy atom. The highest BCUT2D eigenvalue weighted by Crippen LogP contribution is 2.30. The van der Waals surface area contributed by atoms with Crippen LogP contribution in [-0.4, -0.2) is 6.04 Å². The topological polar surface area (TPSA) is 26.0 Å². The van der Waals surface area contributed by atoms with Crippen molar-refractivity contribution in [3.63, 3.8) is 0 Å². The Labute approximate surface area is 99.1 Å². The molecular formula is C13H16F3N. The van der Waals surface area contributed by atoms with Crippen molar-refractivity contribution in [1.29, 1.82) is 0 Å². The minimum absolute atomic E-state index is 0.0492. The van der Waals surface area contributed by atoms with Gasteiger partial charge in [0.2, 0.25) is 0 Å². The second-order valence-corrected chi connectivity index (χ2v) is 4.15. The third-order valence-corrected chi connectivity index (χ3v) is 2.47. The molecule has 2 atom stereocenters. The van der Waals surface area contributed by atoms with E-state index in [2.05, 4.69) is 0 Å². The maximum atomic E-state index is 12.3. The first-order chi connectivity index (χ1) is 7.80. The molecule has 0 aliphatic rings. The molecule has 1 nitrogen and oxygen atoms in total. The number of benzene rings is 1. The van der Waals surface area contributed by atoms with Crippen LogP contribution in [0, 0.1) is 0 Å². The van der Waals surface area contributed by atoms with E-state index in [0.717, 1.165) is 17.7 Å². The summed E-state index contributed by atoms with van der Waals surface area (Å²) in [6.45, 7) is 3.76. The quantitative estimate of drug-likeness (QED) is 0.804. The zero-order chi connectivity index (χ0) is 13.1. The van der Waals surface area contributed by atoms with Crippen LogP contribution in [0.2, 0.25) is 0 Å². The van der Waals surface area contributed by atoms with Crippen LogP contribution in [0.3, 0.4) is 0 Å². The van der Waals surface area contributed by atoms with E-state index in [-0.39, 0.29) is 12.0 Å². The lowest BCUT2D eigenvalue weighted by molar-refractivity contribution is -0.137. The molecule has 0 aliphatic carbocycles. The summed E-state index contributed by atoms with van der Waals surface area (Å²) in [5, 5.41) is 0. The summed E-state index contributed by atoms with van der Waals surface area (Å²) in [5.41, 5.74) is 5.79. The van der Waals surface area contributed by atoms with Gasteiger partial charge in [0, 0.05) is 6.04 Å². The van der Waals surface area contributed by atoms with Crippen molar-refractivity contribution in [2.75, 3.05) is 0 Å². The number of halogens is 3.